The van der Waals surface area contributed by atoms with Crippen molar-refractivity contribution in [1.82, 2.24) is 13.5 Å². The molecule has 0 atom stereocenters. The molecule has 1 saturated heterocycles. The van der Waals surface area contributed by atoms with Crippen molar-refractivity contribution in [3.8, 4) is 0 Å². The average Bonchev–Trinajstić information content (AvgIpc) is 2.87. The highest BCUT2D eigenvalue weighted by Gasteiger charge is 2.34. The van der Waals surface area contributed by atoms with Crippen LogP contribution in [0.1, 0.15) is 38.7 Å². The minimum absolute atomic E-state index is 0.00687. The van der Waals surface area contributed by atoms with Crippen LogP contribution in [-0.4, -0.2) is 74.2 Å². The van der Waals surface area contributed by atoms with Crippen LogP contribution < -0.4 is 0 Å². The lowest BCUT2D eigenvalue weighted by molar-refractivity contribution is -0.135. The van der Waals surface area contributed by atoms with Crippen LogP contribution in [0.15, 0.2) is 59.5 Å². The second-order valence-electron chi connectivity index (χ2n) is 8.83. The molecule has 1 aliphatic heterocycles. The van der Waals surface area contributed by atoms with Crippen LogP contribution in [-0.2, 0) is 31.4 Å². The molecule has 0 radical (unpaired) electrons. The van der Waals surface area contributed by atoms with E-state index in [1.807, 2.05) is 6.92 Å². The Kier molecular flexibility index (Phi) is 9.62. The summed E-state index contributed by atoms with van der Waals surface area (Å²) in [7, 11) is -7.23. The van der Waals surface area contributed by atoms with Crippen LogP contribution in [0, 0.1) is 5.82 Å². The van der Waals surface area contributed by atoms with Gasteiger partial charge in [-0.2, -0.15) is 4.31 Å². The van der Waals surface area contributed by atoms with E-state index >= 15 is 0 Å². The van der Waals surface area contributed by atoms with Gasteiger partial charge in [0.05, 0.1) is 17.2 Å². The van der Waals surface area contributed by atoms with Gasteiger partial charge in [0.15, 0.2) is 0 Å². The highest BCUT2D eigenvalue weighted by molar-refractivity contribution is 7.89. The van der Waals surface area contributed by atoms with Gasteiger partial charge >= 0.3 is 0 Å². The quantitative estimate of drug-likeness (QED) is 0.438. The maximum Gasteiger partial charge on any atom is 0.243 e. The molecule has 0 spiro atoms. The number of hydrogen-bond acceptors (Lipinski definition) is 5. The van der Waals surface area contributed by atoms with Gasteiger partial charge in [-0.25, -0.2) is 25.5 Å². The van der Waals surface area contributed by atoms with E-state index in [0.717, 1.165) is 0 Å². The molecule has 1 aliphatic rings. The van der Waals surface area contributed by atoms with Gasteiger partial charge in [0.25, 0.3) is 0 Å². The van der Waals surface area contributed by atoms with E-state index in [2.05, 4.69) is 0 Å². The third-order valence-corrected chi connectivity index (χ3v) is 10.1. The van der Waals surface area contributed by atoms with Crippen molar-refractivity contribution in [2.75, 3.05) is 31.9 Å². The first kappa shape index (κ1) is 28.2. The molecular formula is C25H34FN3O5S2. The highest BCUT2D eigenvalue weighted by Crippen LogP contribution is 2.23. The van der Waals surface area contributed by atoms with Gasteiger partial charge in [-0.15, -0.1) is 0 Å². The van der Waals surface area contributed by atoms with E-state index in [9.17, 15) is 26.0 Å². The number of halogens is 1. The normalized spacial score (nSPS) is 15.8. The number of benzene rings is 2. The maximum absolute atomic E-state index is 13.9. The number of piperidine rings is 1. The summed E-state index contributed by atoms with van der Waals surface area (Å²) >= 11 is 0. The van der Waals surface area contributed by atoms with Crippen LogP contribution in [0.25, 0.3) is 0 Å². The standard InChI is InChI=1S/C25H34FN3O5S2/c1-3-15-28(36(33,34)24-11-6-5-7-12-24)20-25(30)29(19-21-9-8-10-22(26)18-21)23-13-16-27(17-14-23)35(31,32)4-2/h5-12,18,23H,3-4,13-17,19-20H2,1-2H3. The molecule has 0 saturated carbocycles. The molecule has 0 aliphatic carbocycles. The van der Waals surface area contributed by atoms with Crippen molar-refractivity contribution in [2.45, 2.75) is 50.6 Å². The summed E-state index contributed by atoms with van der Waals surface area (Å²) in [6.07, 6.45) is 1.36. The zero-order valence-electron chi connectivity index (χ0n) is 20.7. The van der Waals surface area contributed by atoms with Gasteiger partial charge < -0.3 is 4.90 Å². The first-order chi connectivity index (χ1) is 17.1. The van der Waals surface area contributed by atoms with E-state index < -0.39 is 31.8 Å². The van der Waals surface area contributed by atoms with E-state index in [1.54, 1.807) is 42.2 Å². The second-order valence-corrected chi connectivity index (χ2v) is 13.0. The molecular weight excluding hydrogens is 505 g/mol. The summed E-state index contributed by atoms with van der Waals surface area (Å²) < 4.78 is 67.6. The molecule has 8 nitrogen and oxygen atoms in total. The van der Waals surface area contributed by atoms with Gasteiger partial charge in [-0.1, -0.05) is 37.3 Å². The molecule has 1 amide bonds. The van der Waals surface area contributed by atoms with Crippen LogP contribution >= 0.6 is 0 Å². The minimum atomic E-state index is -3.90. The average molecular weight is 540 g/mol. The molecule has 0 N–H and O–H groups in total. The Morgan fingerprint density at radius 3 is 2.25 bits per heavy atom. The van der Waals surface area contributed by atoms with Gasteiger partial charge in [-0.05, 0) is 56.0 Å². The molecule has 0 aromatic heterocycles. The molecule has 1 fully saturated rings. The van der Waals surface area contributed by atoms with Crippen molar-refractivity contribution in [1.29, 1.82) is 0 Å². The molecule has 11 heteroatoms. The van der Waals surface area contributed by atoms with Gasteiger partial charge in [0.1, 0.15) is 5.82 Å². The van der Waals surface area contributed by atoms with E-state index in [4.69, 9.17) is 0 Å². The topological polar surface area (TPSA) is 95.1 Å². The van der Waals surface area contributed by atoms with Crippen LogP contribution in [0.5, 0.6) is 0 Å². The molecule has 36 heavy (non-hydrogen) atoms. The second kappa shape index (κ2) is 12.3. The Labute approximate surface area is 213 Å². The van der Waals surface area contributed by atoms with E-state index in [0.29, 0.717) is 24.8 Å². The number of rotatable bonds is 11. The fourth-order valence-corrected chi connectivity index (χ4v) is 7.02. The molecule has 0 bridgehead atoms. The van der Waals surface area contributed by atoms with E-state index in [1.165, 1.54) is 32.9 Å². The molecule has 2 aromatic rings. The summed E-state index contributed by atoms with van der Waals surface area (Å²) in [6.45, 7) is 3.90. The predicted octanol–water partition coefficient (Wildman–Crippen LogP) is 3.07. The SMILES string of the molecule is CCCN(CC(=O)N(Cc1cccc(F)c1)C1CCN(S(=O)(=O)CC)CC1)S(=O)(=O)c1ccccc1. The zero-order chi connectivity index (χ0) is 26.3. The number of nitrogens with zero attached hydrogens (tertiary/aromatic N) is 3. The molecule has 3 rings (SSSR count). The summed E-state index contributed by atoms with van der Waals surface area (Å²) in [5, 5.41) is 0. The molecule has 0 unspecified atom stereocenters. The fraction of sp³-hybridized carbons (Fsp3) is 0.480. The predicted molar refractivity (Wildman–Crippen MR) is 136 cm³/mol. The minimum Gasteiger partial charge on any atom is -0.334 e. The van der Waals surface area contributed by atoms with Crippen LogP contribution in [0.3, 0.4) is 0 Å². The summed E-state index contributed by atoms with van der Waals surface area (Å²) in [5.74, 6) is -0.820. The highest BCUT2D eigenvalue weighted by atomic mass is 32.2. The molecule has 198 valence electrons. The van der Waals surface area contributed by atoms with Gasteiger partial charge in [0, 0.05) is 32.2 Å². The first-order valence-corrected chi connectivity index (χ1v) is 15.2. The number of sulfonamides is 2. The van der Waals surface area contributed by atoms with Crippen molar-refractivity contribution in [3.05, 3.63) is 66.0 Å². The Bertz CT molecular complexity index is 1230. The monoisotopic (exact) mass is 539 g/mol. The lowest BCUT2D eigenvalue weighted by Gasteiger charge is -2.39. The van der Waals surface area contributed by atoms with Crippen LogP contribution in [0.4, 0.5) is 4.39 Å². The Hall–Kier alpha value is -2.34. The number of carbonyl (C=O) groups excluding carboxylic acids is 1. The van der Waals surface area contributed by atoms with Crippen molar-refractivity contribution in [2.24, 2.45) is 0 Å². The third kappa shape index (κ3) is 6.90. The molecule has 2 aromatic carbocycles. The van der Waals surface area contributed by atoms with Gasteiger partial charge in [0.2, 0.25) is 26.0 Å². The fourth-order valence-electron chi connectivity index (χ4n) is 4.38. The van der Waals surface area contributed by atoms with Crippen molar-refractivity contribution >= 4 is 26.0 Å². The summed E-state index contributed by atoms with van der Waals surface area (Å²) in [4.78, 5) is 15.3. The maximum atomic E-state index is 13.9. The van der Waals surface area contributed by atoms with Crippen molar-refractivity contribution in [3.63, 3.8) is 0 Å². The largest absolute Gasteiger partial charge is 0.334 e. The first-order valence-electron chi connectivity index (χ1n) is 12.2. The third-order valence-electron chi connectivity index (χ3n) is 6.35. The smallest absolute Gasteiger partial charge is 0.243 e. The number of hydrogen-bond donors (Lipinski definition) is 0. The van der Waals surface area contributed by atoms with E-state index in [-0.39, 0.29) is 49.4 Å². The Morgan fingerprint density at radius 1 is 1.00 bits per heavy atom. The summed E-state index contributed by atoms with van der Waals surface area (Å²) in [6, 6.07) is 13.6. The zero-order valence-corrected chi connectivity index (χ0v) is 22.3. The number of carbonyl (C=O) groups is 1. The Balaban J connectivity index is 1.85. The lowest BCUT2D eigenvalue weighted by atomic mass is 10.0. The van der Waals surface area contributed by atoms with Crippen LogP contribution in [0.2, 0.25) is 0 Å². The number of amides is 1. The molecule has 1 heterocycles. The van der Waals surface area contributed by atoms with Crippen molar-refractivity contribution < 1.29 is 26.0 Å². The Morgan fingerprint density at radius 2 is 1.67 bits per heavy atom. The van der Waals surface area contributed by atoms with Gasteiger partial charge in [-0.3, -0.25) is 4.79 Å². The lowest BCUT2D eigenvalue weighted by Crippen LogP contribution is -2.51. The summed E-state index contributed by atoms with van der Waals surface area (Å²) in [5.41, 5.74) is 0.583.